The summed E-state index contributed by atoms with van der Waals surface area (Å²) in [6.45, 7) is 2.64. The largest absolute Gasteiger partial charge is 0.338 e. The SMILES string of the molecule is Cc1[nH]ncc1C(=O)N1CCC2(CC1)NC(=O)NC2=O. The van der Waals surface area contributed by atoms with Gasteiger partial charge in [0.1, 0.15) is 5.54 Å². The van der Waals surface area contributed by atoms with E-state index in [2.05, 4.69) is 20.8 Å². The lowest BCUT2D eigenvalue weighted by molar-refractivity contribution is -0.125. The molecular weight excluding hydrogens is 262 g/mol. The first-order valence-electron chi connectivity index (χ1n) is 6.45. The molecule has 0 unspecified atom stereocenters. The van der Waals surface area contributed by atoms with E-state index in [0.29, 0.717) is 31.5 Å². The van der Waals surface area contributed by atoms with Crippen LogP contribution in [0.3, 0.4) is 0 Å². The Morgan fingerprint density at radius 3 is 2.55 bits per heavy atom. The molecule has 3 heterocycles. The lowest BCUT2D eigenvalue weighted by atomic mass is 9.87. The first-order chi connectivity index (χ1) is 9.52. The summed E-state index contributed by atoms with van der Waals surface area (Å²) in [7, 11) is 0. The Morgan fingerprint density at radius 2 is 2.05 bits per heavy atom. The van der Waals surface area contributed by atoms with Gasteiger partial charge in [-0.2, -0.15) is 5.10 Å². The minimum Gasteiger partial charge on any atom is -0.338 e. The summed E-state index contributed by atoms with van der Waals surface area (Å²) in [5.41, 5.74) is 0.419. The monoisotopic (exact) mass is 277 g/mol. The average Bonchev–Trinajstić information content (AvgIpc) is 2.95. The van der Waals surface area contributed by atoms with E-state index < -0.39 is 11.6 Å². The molecule has 2 aliphatic rings. The molecule has 2 saturated heterocycles. The second-order valence-corrected chi connectivity index (χ2v) is 5.19. The highest BCUT2D eigenvalue weighted by atomic mass is 16.2. The van der Waals surface area contributed by atoms with Crippen LogP contribution in [0.5, 0.6) is 0 Å². The molecule has 1 aromatic heterocycles. The summed E-state index contributed by atoms with van der Waals surface area (Å²) < 4.78 is 0. The van der Waals surface area contributed by atoms with Gasteiger partial charge in [0.25, 0.3) is 11.8 Å². The fourth-order valence-corrected chi connectivity index (χ4v) is 2.71. The zero-order valence-electron chi connectivity index (χ0n) is 11.0. The van der Waals surface area contributed by atoms with E-state index in [4.69, 9.17) is 0 Å². The maximum atomic E-state index is 12.3. The number of H-pyrrole nitrogens is 1. The highest BCUT2D eigenvalue weighted by Gasteiger charge is 2.48. The number of carbonyl (C=O) groups excluding carboxylic acids is 3. The molecule has 2 fully saturated rings. The third-order valence-electron chi connectivity index (χ3n) is 3.98. The molecule has 106 valence electrons. The molecule has 0 radical (unpaired) electrons. The number of imide groups is 1. The van der Waals surface area contributed by atoms with E-state index in [0.717, 1.165) is 5.69 Å². The van der Waals surface area contributed by atoms with E-state index in [9.17, 15) is 14.4 Å². The number of piperidine rings is 1. The van der Waals surface area contributed by atoms with Crippen molar-refractivity contribution in [3.8, 4) is 0 Å². The zero-order valence-corrected chi connectivity index (χ0v) is 11.0. The van der Waals surface area contributed by atoms with Gasteiger partial charge in [-0.3, -0.25) is 20.0 Å². The number of nitrogens with zero attached hydrogens (tertiary/aromatic N) is 2. The molecule has 20 heavy (non-hydrogen) atoms. The van der Waals surface area contributed by atoms with Gasteiger partial charge in [0.05, 0.1) is 11.8 Å². The van der Waals surface area contributed by atoms with Crippen LogP contribution in [0.25, 0.3) is 0 Å². The maximum absolute atomic E-state index is 12.3. The number of urea groups is 1. The number of carbonyl (C=O) groups is 3. The van der Waals surface area contributed by atoms with E-state index >= 15 is 0 Å². The molecule has 0 atom stereocenters. The topological polar surface area (TPSA) is 107 Å². The van der Waals surface area contributed by atoms with Crippen LogP contribution in [0.15, 0.2) is 6.20 Å². The van der Waals surface area contributed by atoms with Crippen molar-refractivity contribution >= 4 is 17.8 Å². The molecule has 1 spiro atoms. The summed E-state index contributed by atoms with van der Waals surface area (Å²) in [6, 6.07) is -0.458. The highest BCUT2D eigenvalue weighted by Crippen LogP contribution is 2.26. The van der Waals surface area contributed by atoms with Crippen molar-refractivity contribution < 1.29 is 14.4 Å². The Kier molecular flexibility index (Phi) is 2.73. The van der Waals surface area contributed by atoms with Crippen LogP contribution in [0.1, 0.15) is 28.9 Å². The molecule has 8 heteroatoms. The smallest absolute Gasteiger partial charge is 0.322 e. The minimum absolute atomic E-state index is 0.101. The van der Waals surface area contributed by atoms with Crippen LogP contribution in [-0.4, -0.2) is 51.6 Å². The third-order valence-corrected chi connectivity index (χ3v) is 3.98. The number of nitrogens with one attached hydrogen (secondary N) is 3. The predicted octanol–water partition coefficient (Wildman–Crippen LogP) is -0.468. The van der Waals surface area contributed by atoms with Crippen molar-refractivity contribution in [3.63, 3.8) is 0 Å². The Morgan fingerprint density at radius 1 is 1.35 bits per heavy atom. The number of aryl methyl sites for hydroxylation is 1. The standard InChI is InChI=1S/C12H15N5O3/c1-7-8(6-13-16-7)9(18)17-4-2-12(3-5-17)10(19)14-11(20)15-12/h6H,2-5H2,1H3,(H,13,16)(H2,14,15,19,20). The molecule has 0 aromatic carbocycles. The van der Waals surface area contributed by atoms with Crippen LogP contribution < -0.4 is 10.6 Å². The molecule has 0 aliphatic carbocycles. The van der Waals surface area contributed by atoms with Gasteiger partial charge in [-0.15, -0.1) is 0 Å². The Labute approximate surface area is 114 Å². The maximum Gasteiger partial charge on any atom is 0.322 e. The van der Waals surface area contributed by atoms with Gasteiger partial charge in [-0.25, -0.2) is 4.79 Å². The average molecular weight is 277 g/mol. The summed E-state index contributed by atoms with van der Waals surface area (Å²) >= 11 is 0. The molecule has 3 N–H and O–H groups in total. The highest BCUT2D eigenvalue weighted by molar-refractivity contribution is 6.07. The fourth-order valence-electron chi connectivity index (χ4n) is 2.71. The van der Waals surface area contributed by atoms with Crippen LogP contribution in [0, 0.1) is 6.92 Å². The predicted molar refractivity (Wildman–Crippen MR) is 67.9 cm³/mol. The van der Waals surface area contributed by atoms with Crippen molar-refractivity contribution in [1.29, 1.82) is 0 Å². The number of hydrogen-bond donors (Lipinski definition) is 3. The molecular formula is C12H15N5O3. The molecule has 0 bridgehead atoms. The summed E-state index contributed by atoms with van der Waals surface area (Å²) in [5.74, 6) is -0.398. The second-order valence-electron chi connectivity index (χ2n) is 5.19. The Hall–Kier alpha value is -2.38. The molecule has 1 aromatic rings. The molecule has 0 saturated carbocycles. The van der Waals surface area contributed by atoms with E-state index in [1.54, 1.807) is 11.8 Å². The van der Waals surface area contributed by atoms with Crippen molar-refractivity contribution in [1.82, 2.24) is 25.7 Å². The van der Waals surface area contributed by atoms with Gasteiger partial charge in [-0.05, 0) is 19.8 Å². The minimum atomic E-state index is -0.848. The molecule has 4 amide bonds. The van der Waals surface area contributed by atoms with E-state index in [1.165, 1.54) is 6.20 Å². The Balaban J connectivity index is 1.70. The molecule has 3 rings (SSSR count). The molecule has 2 aliphatic heterocycles. The lowest BCUT2D eigenvalue weighted by Crippen LogP contribution is -2.55. The second kappa shape index (κ2) is 4.32. The summed E-state index contributed by atoms with van der Waals surface area (Å²) in [6.07, 6.45) is 2.35. The van der Waals surface area contributed by atoms with Gasteiger partial charge in [0, 0.05) is 18.8 Å². The van der Waals surface area contributed by atoms with Gasteiger partial charge in [-0.1, -0.05) is 0 Å². The number of hydrogen-bond acceptors (Lipinski definition) is 4. The molecule has 8 nitrogen and oxygen atoms in total. The van der Waals surface area contributed by atoms with Crippen LogP contribution in [0.4, 0.5) is 4.79 Å². The lowest BCUT2D eigenvalue weighted by Gasteiger charge is -2.36. The number of amides is 4. The van der Waals surface area contributed by atoms with Gasteiger partial charge in [0.15, 0.2) is 0 Å². The van der Waals surface area contributed by atoms with Crippen molar-refractivity contribution in [2.24, 2.45) is 0 Å². The van der Waals surface area contributed by atoms with Crippen LogP contribution in [-0.2, 0) is 4.79 Å². The number of aromatic nitrogens is 2. The van der Waals surface area contributed by atoms with Gasteiger partial charge in [0.2, 0.25) is 0 Å². The normalized spacial score (nSPS) is 20.9. The summed E-state index contributed by atoms with van der Waals surface area (Å²) in [4.78, 5) is 37.0. The number of rotatable bonds is 1. The number of likely N-dealkylation sites (tertiary alicyclic amines) is 1. The van der Waals surface area contributed by atoms with Gasteiger partial charge < -0.3 is 10.2 Å². The van der Waals surface area contributed by atoms with Crippen molar-refractivity contribution in [3.05, 3.63) is 17.5 Å². The first kappa shape index (κ1) is 12.6. The van der Waals surface area contributed by atoms with Crippen molar-refractivity contribution in [2.75, 3.05) is 13.1 Å². The number of aromatic amines is 1. The van der Waals surface area contributed by atoms with E-state index in [1.807, 2.05) is 0 Å². The first-order valence-corrected chi connectivity index (χ1v) is 6.45. The van der Waals surface area contributed by atoms with E-state index in [-0.39, 0.29) is 11.8 Å². The van der Waals surface area contributed by atoms with Gasteiger partial charge >= 0.3 is 6.03 Å². The van der Waals surface area contributed by atoms with Crippen LogP contribution in [0.2, 0.25) is 0 Å². The zero-order chi connectivity index (χ0) is 14.3. The van der Waals surface area contributed by atoms with Crippen molar-refractivity contribution in [2.45, 2.75) is 25.3 Å². The van der Waals surface area contributed by atoms with Crippen LogP contribution >= 0.6 is 0 Å². The third kappa shape index (κ3) is 1.84. The summed E-state index contributed by atoms with van der Waals surface area (Å²) in [5, 5.41) is 11.5. The fraction of sp³-hybridized carbons (Fsp3) is 0.500. The quantitative estimate of drug-likeness (QED) is 0.603. The Bertz CT molecular complexity index is 586.